The van der Waals surface area contributed by atoms with Crippen molar-refractivity contribution in [3.8, 4) is 5.75 Å². The van der Waals surface area contributed by atoms with Gasteiger partial charge in [0.1, 0.15) is 12.4 Å². The number of benzene rings is 1. The van der Waals surface area contributed by atoms with Crippen LogP contribution in [-0.2, 0) is 11.3 Å². The minimum Gasteiger partial charge on any atom is -0.491 e. The summed E-state index contributed by atoms with van der Waals surface area (Å²) in [6.45, 7) is 3.75. The molecule has 1 unspecified atom stereocenters. The summed E-state index contributed by atoms with van der Waals surface area (Å²) in [7, 11) is 0. The molecule has 0 saturated carbocycles. The number of nitrogens with zero attached hydrogens (tertiary/aromatic N) is 1. The molecule has 2 N–H and O–H groups in total. The predicted molar refractivity (Wildman–Crippen MR) is 98.2 cm³/mol. The van der Waals surface area contributed by atoms with E-state index in [1.807, 2.05) is 36.6 Å². The fourth-order valence-electron chi connectivity index (χ4n) is 2.60. The molecule has 0 bridgehead atoms. The van der Waals surface area contributed by atoms with Gasteiger partial charge in [-0.1, -0.05) is 0 Å². The van der Waals surface area contributed by atoms with Gasteiger partial charge >= 0.3 is 6.03 Å². The predicted octanol–water partition coefficient (Wildman–Crippen LogP) is 3.72. The van der Waals surface area contributed by atoms with Gasteiger partial charge in [-0.2, -0.15) is 0 Å². The summed E-state index contributed by atoms with van der Waals surface area (Å²) in [5.74, 6) is 0.776. The van der Waals surface area contributed by atoms with E-state index in [0.717, 1.165) is 35.9 Å². The maximum Gasteiger partial charge on any atom is 0.319 e. The van der Waals surface area contributed by atoms with Gasteiger partial charge in [0.2, 0.25) is 0 Å². The number of hydrogen-bond donors (Lipinski definition) is 2. The van der Waals surface area contributed by atoms with Crippen LogP contribution in [0.5, 0.6) is 5.75 Å². The topological polar surface area (TPSA) is 72.5 Å². The average molecular weight is 361 g/mol. The Morgan fingerprint density at radius 2 is 2.20 bits per heavy atom. The molecule has 3 rings (SSSR count). The number of ether oxygens (including phenoxy) is 2. The lowest BCUT2D eigenvalue weighted by Gasteiger charge is -2.22. The highest BCUT2D eigenvalue weighted by Gasteiger charge is 2.14. The van der Waals surface area contributed by atoms with Crippen LogP contribution in [0.4, 0.5) is 10.5 Å². The third kappa shape index (κ3) is 5.72. The SMILES string of the molecule is Cc1nc(CNC(=O)Nc2ccc(OCC3CCCCO3)cc2)cs1. The molecule has 2 amide bonds. The molecule has 7 heteroatoms. The summed E-state index contributed by atoms with van der Waals surface area (Å²) < 4.78 is 11.4. The number of thiazole rings is 1. The summed E-state index contributed by atoms with van der Waals surface area (Å²) in [4.78, 5) is 16.2. The van der Waals surface area contributed by atoms with Gasteiger partial charge in [0, 0.05) is 17.7 Å². The van der Waals surface area contributed by atoms with E-state index in [1.165, 1.54) is 6.42 Å². The van der Waals surface area contributed by atoms with Gasteiger partial charge in [-0.15, -0.1) is 11.3 Å². The van der Waals surface area contributed by atoms with E-state index < -0.39 is 0 Å². The average Bonchev–Trinajstić information content (AvgIpc) is 3.06. The molecule has 2 aromatic rings. The Labute approximate surface area is 151 Å². The van der Waals surface area contributed by atoms with Crippen LogP contribution in [0, 0.1) is 6.92 Å². The number of anilines is 1. The second-order valence-corrected chi connectivity index (χ2v) is 7.05. The molecule has 2 heterocycles. The van der Waals surface area contributed by atoms with Crippen LogP contribution in [0.15, 0.2) is 29.6 Å². The number of carbonyl (C=O) groups excluding carboxylic acids is 1. The number of carbonyl (C=O) groups is 1. The van der Waals surface area contributed by atoms with E-state index in [1.54, 1.807) is 11.3 Å². The number of aryl methyl sites for hydroxylation is 1. The highest BCUT2D eigenvalue weighted by Crippen LogP contribution is 2.18. The molecule has 1 aromatic heterocycles. The normalized spacial score (nSPS) is 17.1. The lowest BCUT2D eigenvalue weighted by atomic mass is 10.1. The number of nitrogens with one attached hydrogen (secondary N) is 2. The maximum absolute atomic E-state index is 11.9. The van der Waals surface area contributed by atoms with Crippen LogP contribution < -0.4 is 15.4 Å². The van der Waals surface area contributed by atoms with Crippen molar-refractivity contribution in [2.75, 3.05) is 18.5 Å². The Hall–Kier alpha value is -2.12. The number of rotatable bonds is 6. The van der Waals surface area contributed by atoms with E-state index in [0.29, 0.717) is 18.8 Å². The van der Waals surface area contributed by atoms with Crippen LogP contribution in [-0.4, -0.2) is 30.3 Å². The Bertz CT molecular complexity index is 681. The van der Waals surface area contributed by atoms with Gasteiger partial charge in [0.15, 0.2) is 0 Å². The number of aromatic nitrogens is 1. The van der Waals surface area contributed by atoms with Gasteiger partial charge in [-0.05, 0) is 50.5 Å². The molecule has 134 valence electrons. The van der Waals surface area contributed by atoms with Gasteiger partial charge in [0.25, 0.3) is 0 Å². The smallest absolute Gasteiger partial charge is 0.319 e. The zero-order chi connectivity index (χ0) is 17.5. The van der Waals surface area contributed by atoms with Crippen LogP contribution in [0.25, 0.3) is 0 Å². The van der Waals surface area contributed by atoms with Crippen LogP contribution in [0.2, 0.25) is 0 Å². The van der Waals surface area contributed by atoms with E-state index in [-0.39, 0.29) is 12.1 Å². The lowest BCUT2D eigenvalue weighted by Crippen LogP contribution is -2.28. The molecule has 1 aliphatic heterocycles. The standard InChI is InChI=1S/C18H23N3O3S/c1-13-20-15(12-25-13)10-19-18(22)21-14-5-7-16(8-6-14)24-11-17-4-2-3-9-23-17/h5-8,12,17H,2-4,9-11H2,1H3,(H2,19,21,22). The Balaban J connectivity index is 1.41. The largest absolute Gasteiger partial charge is 0.491 e. The van der Waals surface area contributed by atoms with Crippen molar-refractivity contribution >= 4 is 23.1 Å². The van der Waals surface area contributed by atoms with Crippen LogP contribution in [0.3, 0.4) is 0 Å². The Morgan fingerprint density at radius 1 is 1.36 bits per heavy atom. The quantitative estimate of drug-likeness (QED) is 0.822. The molecule has 1 aromatic carbocycles. The maximum atomic E-state index is 11.9. The number of amides is 2. The van der Waals surface area contributed by atoms with Crippen molar-refractivity contribution in [2.45, 2.75) is 38.8 Å². The molecular formula is C18H23N3O3S. The van der Waals surface area contributed by atoms with Gasteiger partial charge in [0.05, 0.1) is 23.4 Å². The fraction of sp³-hybridized carbons (Fsp3) is 0.444. The van der Waals surface area contributed by atoms with Crippen molar-refractivity contribution < 1.29 is 14.3 Å². The number of hydrogen-bond acceptors (Lipinski definition) is 5. The zero-order valence-electron chi connectivity index (χ0n) is 14.3. The van der Waals surface area contributed by atoms with Crippen molar-refractivity contribution in [1.29, 1.82) is 0 Å². The van der Waals surface area contributed by atoms with Crippen LogP contribution in [0.1, 0.15) is 30.0 Å². The van der Waals surface area contributed by atoms with Gasteiger partial charge in [-0.25, -0.2) is 9.78 Å². The molecule has 1 fully saturated rings. The molecule has 0 radical (unpaired) electrons. The van der Waals surface area contributed by atoms with Crippen molar-refractivity contribution in [3.05, 3.63) is 40.3 Å². The molecule has 0 spiro atoms. The van der Waals surface area contributed by atoms with Gasteiger partial charge < -0.3 is 20.1 Å². The molecule has 6 nitrogen and oxygen atoms in total. The Kier molecular flexibility index (Phi) is 6.25. The molecule has 1 atom stereocenters. The first-order valence-electron chi connectivity index (χ1n) is 8.49. The van der Waals surface area contributed by atoms with E-state index in [2.05, 4.69) is 15.6 Å². The minimum atomic E-state index is -0.255. The van der Waals surface area contributed by atoms with E-state index in [9.17, 15) is 4.79 Å². The lowest BCUT2D eigenvalue weighted by molar-refractivity contribution is -0.0110. The minimum absolute atomic E-state index is 0.187. The fourth-order valence-corrected chi connectivity index (χ4v) is 3.21. The number of urea groups is 1. The second kappa shape index (κ2) is 8.82. The summed E-state index contributed by atoms with van der Waals surface area (Å²) in [5.41, 5.74) is 1.58. The highest BCUT2D eigenvalue weighted by atomic mass is 32.1. The third-order valence-corrected chi connectivity index (χ3v) is 4.74. The van der Waals surface area contributed by atoms with Gasteiger partial charge in [-0.3, -0.25) is 0 Å². The molecule has 1 saturated heterocycles. The summed E-state index contributed by atoms with van der Waals surface area (Å²) in [5, 5.41) is 8.52. The van der Waals surface area contributed by atoms with E-state index >= 15 is 0 Å². The summed E-state index contributed by atoms with van der Waals surface area (Å²) in [6, 6.07) is 7.09. The third-order valence-electron chi connectivity index (χ3n) is 3.92. The monoisotopic (exact) mass is 361 g/mol. The molecule has 25 heavy (non-hydrogen) atoms. The van der Waals surface area contributed by atoms with Crippen LogP contribution >= 0.6 is 11.3 Å². The second-order valence-electron chi connectivity index (χ2n) is 5.99. The first-order chi connectivity index (χ1) is 12.2. The summed E-state index contributed by atoms with van der Waals surface area (Å²) >= 11 is 1.57. The first kappa shape index (κ1) is 17.7. The van der Waals surface area contributed by atoms with Crippen molar-refractivity contribution in [2.24, 2.45) is 0 Å². The molecular weight excluding hydrogens is 338 g/mol. The molecule has 1 aliphatic rings. The van der Waals surface area contributed by atoms with E-state index in [4.69, 9.17) is 9.47 Å². The van der Waals surface area contributed by atoms with Crippen molar-refractivity contribution in [3.63, 3.8) is 0 Å². The molecule has 0 aliphatic carbocycles. The first-order valence-corrected chi connectivity index (χ1v) is 9.37. The van der Waals surface area contributed by atoms with Crippen molar-refractivity contribution in [1.82, 2.24) is 10.3 Å². The Morgan fingerprint density at radius 3 is 2.88 bits per heavy atom. The zero-order valence-corrected chi connectivity index (χ0v) is 15.1. The summed E-state index contributed by atoms with van der Waals surface area (Å²) in [6.07, 6.45) is 3.58. The highest BCUT2D eigenvalue weighted by molar-refractivity contribution is 7.09.